The lowest BCUT2D eigenvalue weighted by Gasteiger charge is -2.12. The Morgan fingerprint density at radius 1 is 0.880 bits per heavy atom. The van der Waals surface area contributed by atoms with Crippen LogP contribution < -0.4 is 0 Å². The van der Waals surface area contributed by atoms with E-state index < -0.39 is 0 Å². The molecule has 0 bridgehead atoms. The fraction of sp³-hybridized carbons (Fsp3) is 0.136. The highest BCUT2D eigenvalue weighted by molar-refractivity contribution is 7.99. The maximum atomic E-state index is 4.88. The van der Waals surface area contributed by atoms with Crippen molar-refractivity contribution in [2.45, 2.75) is 30.4 Å². The van der Waals surface area contributed by atoms with Gasteiger partial charge in [-0.15, -0.1) is 0 Å². The molecule has 4 aromatic rings. The summed E-state index contributed by atoms with van der Waals surface area (Å²) < 4.78 is 2.33. The molecule has 124 valence electrons. The smallest absolute Gasteiger partial charge is 0.174 e. The van der Waals surface area contributed by atoms with E-state index in [4.69, 9.17) is 4.98 Å². The van der Waals surface area contributed by atoms with Gasteiger partial charge in [0.05, 0.1) is 17.6 Å². The molecule has 4 rings (SSSR count). The first kappa shape index (κ1) is 16.0. The summed E-state index contributed by atoms with van der Waals surface area (Å²) in [5, 5.41) is 1.04. The summed E-state index contributed by atoms with van der Waals surface area (Å²) in [5.74, 6) is 0. The third-order valence-corrected chi connectivity index (χ3v) is 5.41. The van der Waals surface area contributed by atoms with Gasteiger partial charge in [-0.2, -0.15) is 0 Å². The SMILES string of the molecule is Cc1ccc(C)c(Cn2c(Sc3ccccc3)nc3ccccc32)c1. The van der Waals surface area contributed by atoms with Crippen LogP contribution in [0.5, 0.6) is 0 Å². The molecule has 3 aromatic carbocycles. The first-order valence-corrected chi connectivity index (χ1v) is 9.27. The van der Waals surface area contributed by atoms with Gasteiger partial charge in [-0.25, -0.2) is 4.98 Å². The number of para-hydroxylation sites is 2. The zero-order valence-electron chi connectivity index (χ0n) is 14.4. The van der Waals surface area contributed by atoms with Gasteiger partial charge in [-0.05, 0) is 49.2 Å². The molecule has 2 nitrogen and oxygen atoms in total. The minimum Gasteiger partial charge on any atom is -0.314 e. The number of hydrogen-bond acceptors (Lipinski definition) is 2. The van der Waals surface area contributed by atoms with E-state index in [1.54, 1.807) is 11.8 Å². The van der Waals surface area contributed by atoms with Gasteiger partial charge in [0, 0.05) is 4.90 Å². The molecule has 0 aliphatic heterocycles. The second kappa shape index (κ2) is 6.77. The average molecular weight is 344 g/mol. The van der Waals surface area contributed by atoms with Gasteiger partial charge in [0.25, 0.3) is 0 Å². The number of imidazole rings is 1. The van der Waals surface area contributed by atoms with E-state index in [0.29, 0.717) is 0 Å². The number of rotatable bonds is 4. The highest BCUT2D eigenvalue weighted by atomic mass is 32.2. The monoisotopic (exact) mass is 344 g/mol. The summed E-state index contributed by atoms with van der Waals surface area (Å²) >= 11 is 1.72. The Bertz CT molecular complexity index is 1020. The maximum absolute atomic E-state index is 4.88. The van der Waals surface area contributed by atoms with Crippen LogP contribution in [-0.4, -0.2) is 9.55 Å². The zero-order chi connectivity index (χ0) is 17.2. The molecule has 0 spiro atoms. The molecule has 0 radical (unpaired) electrons. The van der Waals surface area contributed by atoms with Gasteiger partial charge in [-0.3, -0.25) is 0 Å². The molecule has 0 unspecified atom stereocenters. The van der Waals surface area contributed by atoms with Gasteiger partial charge in [-0.1, -0.05) is 65.9 Å². The number of hydrogen-bond donors (Lipinski definition) is 0. The van der Waals surface area contributed by atoms with Crippen molar-refractivity contribution in [2.24, 2.45) is 0 Å². The second-order valence-corrected chi connectivity index (χ2v) is 7.35. The van der Waals surface area contributed by atoms with E-state index >= 15 is 0 Å². The number of aromatic nitrogens is 2. The van der Waals surface area contributed by atoms with Crippen molar-refractivity contribution in [1.29, 1.82) is 0 Å². The van der Waals surface area contributed by atoms with Crippen LogP contribution in [0.1, 0.15) is 16.7 Å². The summed E-state index contributed by atoms with van der Waals surface area (Å²) in [6, 6.07) is 25.5. The molecule has 25 heavy (non-hydrogen) atoms. The summed E-state index contributed by atoms with van der Waals surface area (Å²) in [4.78, 5) is 6.09. The molecule has 0 fully saturated rings. The van der Waals surface area contributed by atoms with Crippen LogP contribution in [0.25, 0.3) is 11.0 Å². The van der Waals surface area contributed by atoms with Crippen LogP contribution >= 0.6 is 11.8 Å². The first-order valence-electron chi connectivity index (χ1n) is 8.45. The van der Waals surface area contributed by atoms with Crippen LogP contribution in [-0.2, 0) is 6.54 Å². The lowest BCUT2D eigenvalue weighted by atomic mass is 10.1. The summed E-state index contributed by atoms with van der Waals surface area (Å²) in [6.07, 6.45) is 0. The van der Waals surface area contributed by atoms with E-state index in [1.807, 2.05) is 6.07 Å². The molecule has 0 amide bonds. The maximum Gasteiger partial charge on any atom is 0.174 e. The van der Waals surface area contributed by atoms with Crippen molar-refractivity contribution in [1.82, 2.24) is 9.55 Å². The number of nitrogens with zero attached hydrogens (tertiary/aromatic N) is 2. The molecule has 0 aliphatic carbocycles. The normalized spacial score (nSPS) is 11.1. The first-order chi connectivity index (χ1) is 12.2. The van der Waals surface area contributed by atoms with E-state index in [-0.39, 0.29) is 0 Å². The van der Waals surface area contributed by atoms with Crippen molar-refractivity contribution in [3.63, 3.8) is 0 Å². The predicted octanol–water partition coefficient (Wildman–Crippen LogP) is 5.85. The Morgan fingerprint density at radius 2 is 1.64 bits per heavy atom. The Kier molecular flexibility index (Phi) is 4.33. The molecule has 0 saturated carbocycles. The summed E-state index contributed by atoms with van der Waals surface area (Å²) in [5.41, 5.74) is 6.19. The number of fused-ring (bicyclic) bond motifs is 1. The lowest BCUT2D eigenvalue weighted by Crippen LogP contribution is -2.03. The molecule has 0 N–H and O–H groups in total. The van der Waals surface area contributed by atoms with Crippen molar-refractivity contribution >= 4 is 22.8 Å². The second-order valence-electron chi connectivity index (χ2n) is 6.31. The molecular formula is C22H20N2S. The fourth-order valence-electron chi connectivity index (χ4n) is 3.02. The Hall–Kier alpha value is -2.52. The lowest BCUT2D eigenvalue weighted by molar-refractivity contribution is 0.727. The quantitative estimate of drug-likeness (QED) is 0.462. The Labute approximate surface area is 152 Å². The zero-order valence-corrected chi connectivity index (χ0v) is 15.3. The third kappa shape index (κ3) is 3.33. The highest BCUT2D eigenvalue weighted by Crippen LogP contribution is 2.31. The van der Waals surface area contributed by atoms with Gasteiger partial charge >= 0.3 is 0 Å². The predicted molar refractivity (Wildman–Crippen MR) is 105 cm³/mol. The van der Waals surface area contributed by atoms with Crippen molar-refractivity contribution in [3.05, 3.63) is 89.5 Å². The summed E-state index contributed by atoms with van der Waals surface area (Å²) in [7, 11) is 0. The number of aryl methyl sites for hydroxylation is 2. The van der Waals surface area contributed by atoms with Crippen molar-refractivity contribution in [3.8, 4) is 0 Å². The molecule has 3 heteroatoms. The van der Waals surface area contributed by atoms with Crippen molar-refractivity contribution < 1.29 is 0 Å². The average Bonchev–Trinajstić information content (AvgIpc) is 2.96. The van der Waals surface area contributed by atoms with Crippen LogP contribution in [0.4, 0.5) is 0 Å². The van der Waals surface area contributed by atoms with Gasteiger partial charge in [0.2, 0.25) is 0 Å². The Balaban J connectivity index is 1.80. The van der Waals surface area contributed by atoms with Crippen LogP contribution in [0, 0.1) is 13.8 Å². The van der Waals surface area contributed by atoms with E-state index in [1.165, 1.54) is 27.1 Å². The van der Waals surface area contributed by atoms with Crippen LogP contribution in [0.3, 0.4) is 0 Å². The molecular weight excluding hydrogens is 324 g/mol. The molecule has 0 atom stereocenters. The van der Waals surface area contributed by atoms with Gasteiger partial charge < -0.3 is 4.57 Å². The van der Waals surface area contributed by atoms with Gasteiger partial charge in [0.1, 0.15) is 0 Å². The molecule has 1 aromatic heterocycles. The minimum atomic E-state index is 0.837. The molecule has 0 aliphatic rings. The standard InChI is InChI=1S/C22H20N2S/c1-16-12-13-17(2)18(14-16)15-24-21-11-7-6-10-20(21)23-22(24)25-19-8-4-3-5-9-19/h3-14H,15H2,1-2H3. The molecule has 0 saturated heterocycles. The van der Waals surface area contributed by atoms with E-state index in [0.717, 1.165) is 17.2 Å². The van der Waals surface area contributed by atoms with Crippen molar-refractivity contribution in [2.75, 3.05) is 0 Å². The largest absolute Gasteiger partial charge is 0.314 e. The van der Waals surface area contributed by atoms with Crippen LogP contribution in [0.15, 0.2) is 82.8 Å². The summed E-state index contributed by atoms with van der Waals surface area (Å²) in [6.45, 7) is 5.16. The topological polar surface area (TPSA) is 17.8 Å². The number of benzene rings is 3. The van der Waals surface area contributed by atoms with E-state index in [9.17, 15) is 0 Å². The van der Waals surface area contributed by atoms with E-state index in [2.05, 4.69) is 85.1 Å². The fourth-order valence-corrected chi connectivity index (χ4v) is 3.94. The minimum absolute atomic E-state index is 0.837. The highest BCUT2D eigenvalue weighted by Gasteiger charge is 2.13. The molecule has 1 heterocycles. The van der Waals surface area contributed by atoms with Crippen LogP contribution in [0.2, 0.25) is 0 Å². The third-order valence-electron chi connectivity index (χ3n) is 4.40. The van der Waals surface area contributed by atoms with Gasteiger partial charge in [0.15, 0.2) is 5.16 Å². The Morgan fingerprint density at radius 3 is 2.48 bits per heavy atom.